The Bertz CT molecular complexity index is 1870. The molecular formula is C35H34N2O4S. The van der Waals surface area contributed by atoms with Gasteiger partial charge < -0.3 is 15.0 Å². The third-order valence-electron chi connectivity index (χ3n) is 7.31. The van der Waals surface area contributed by atoms with Crippen molar-refractivity contribution in [1.29, 1.82) is 0 Å². The molecule has 0 amide bonds. The van der Waals surface area contributed by atoms with Crippen LogP contribution in [-0.2, 0) is 21.8 Å². The summed E-state index contributed by atoms with van der Waals surface area (Å²) in [5, 5.41) is 14.3. The minimum Gasteiger partial charge on any atom is -0.477 e. The molecule has 0 spiro atoms. The zero-order chi connectivity index (χ0) is 30.1. The second-order valence-corrected chi connectivity index (χ2v) is 13.3. The topological polar surface area (TPSA) is 88.4 Å². The lowest BCUT2D eigenvalue weighted by atomic mass is 9.87. The fourth-order valence-electron chi connectivity index (χ4n) is 5.32. The average Bonchev–Trinajstić information content (AvgIpc) is 3.27. The van der Waals surface area contributed by atoms with Gasteiger partial charge in [0, 0.05) is 23.2 Å². The number of rotatable bonds is 9. The molecule has 4 aromatic carbocycles. The van der Waals surface area contributed by atoms with Crippen LogP contribution in [0.3, 0.4) is 0 Å². The van der Waals surface area contributed by atoms with Gasteiger partial charge in [0.05, 0.1) is 17.0 Å². The van der Waals surface area contributed by atoms with E-state index in [4.69, 9.17) is 0 Å². The van der Waals surface area contributed by atoms with E-state index >= 15 is 0 Å². The van der Waals surface area contributed by atoms with Crippen LogP contribution in [0.1, 0.15) is 42.4 Å². The third-order valence-corrected chi connectivity index (χ3v) is 9.03. The number of nitrogens with zero attached hydrogens (tertiary/aromatic N) is 1. The first kappa shape index (κ1) is 28.9. The van der Waals surface area contributed by atoms with Crippen molar-refractivity contribution in [3.05, 3.63) is 127 Å². The summed E-state index contributed by atoms with van der Waals surface area (Å²) in [5.74, 6) is -1.44. The Hall–Kier alpha value is -4.62. The predicted molar refractivity (Wildman–Crippen MR) is 171 cm³/mol. The zero-order valence-corrected chi connectivity index (χ0v) is 24.8. The van der Waals surface area contributed by atoms with Gasteiger partial charge in [0.2, 0.25) is 0 Å². The van der Waals surface area contributed by atoms with E-state index in [1.807, 2.05) is 84.9 Å². The Morgan fingerprint density at radius 2 is 1.52 bits per heavy atom. The Morgan fingerprint density at radius 1 is 0.905 bits per heavy atom. The van der Waals surface area contributed by atoms with Crippen LogP contribution in [-0.4, -0.2) is 29.8 Å². The number of sulfone groups is 1. The third kappa shape index (κ3) is 5.60. The summed E-state index contributed by atoms with van der Waals surface area (Å²) in [6.45, 7) is 10.3. The molecule has 0 aliphatic rings. The van der Waals surface area contributed by atoms with Crippen LogP contribution in [0.15, 0.2) is 115 Å². The highest BCUT2D eigenvalue weighted by atomic mass is 32.2. The molecule has 0 unspecified atom stereocenters. The van der Waals surface area contributed by atoms with Crippen LogP contribution in [0.4, 0.5) is 11.4 Å². The van der Waals surface area contributed by atoms with Gasteiger partial charge in [-0.05, 0) is 46.4 Å². The van der Waals surface area contributed by atoms with Crippen molar-refractivity contribution < 1.29 is 18.3 Å². The molecule has 0 aliphatic carbocycles. The molecular weight excluding hydrogens is 544 g/mol. The van der Waals surface area contributed by atoms with E-state index in [9.17, 15) is 18.3 Å². The normalized spacial score (nSPS) is 11.9. The molecule has 2 N–H and O–H groups in total. The number of fused-ring (bicyclic) bond motifs is 1. The number of aromatic nitrogens is 1. The molecule has 5 rings (SSSR count). The van der Waals surface area contributed by atoms with Crippen molar-refractivity contribution in [2.45, 2.75) is 37.6 Å². The van der Waals surface area contributed by atoms with Crippen molar-refractivity contribution in [3.63, 3.8) is 0 Å². The second-order valence-electron chi connectivity index (χ2n) is 11.3. The second kappa shape index (κ2) is 11.3. The van der Waals surface area contributed by atoms with Gasteiger partial charge in [-0.15, -0.1) is 6.58 Å². The molecule has 0 atom stereocenters. The number of carbonyl (C=O) groups is 1. The molecule has 1 heterocycles. The summed E-state index contributed by atoms with van der Waals surface area (Å²) in [6, 6.07) is 30.0. The van der Waals surface area contributed by atoms with Crippen molar-refractivity contribution in [2.75, 3.05) is 11.1 Å². The molecule has 0 bridgehead atoms. The highest BCUT2D eigenvalue weighted by Crippen LogP contribution is 2.43. The first-order chi connectivity index (χ1) is 20.0. The number of carboxylic acids is 1. The van der Waals surface area contributed by atoms with E-state index < -0.39 is 15.8 Å². The Kier molecular flexibility index (Phi) is 7.80. The molecule has 0 saturated heterocycles. The van der Waals surface area contributed by atoms with Crippen LogP contribution in [0, 0.1) is 0 Å². The number of benzene rings is 4. The minimum atomic E-state index is -3.94. The summed E-state index contributed by atoms with van der Waals surface area (Å²) in [4.78, 5) is 13.0. The van der Waals surface area contributed by atoms with Gasteiger partial charge in [-0.2, -0.15) is 0 Å². The lowest BCUT2D eigenvalue weighted by Gasteiger charge is -2.20. The molecule has 1 aromatic heterocycles. The summed E-state index contributed by atoms with van der Waals surface area (Å²) in [5.41, 5.74) is 4.64. The molecule has 0 fully saturated rings. The zero-order valence-electron chi connectivity index (χ0n) is 24.0. The standard InChI is InChI=1S/C35H34N2O4S/c1-5-22-42(40,41)33-28(36-27-18-16-26(17-19-27)35(2,3)4)20-21-29-31(33)30(25-14-10-7-11-15-25)32(34(38)39)37(29)23-24-12-8-6-9-13-24/h5-21,36H,1,22-23H2,2-4H3,(H,38,39). The number of anilines is 2. The van der Waals surface area contributed by atoms with Crippen LogP contribution in [0.5, 0.6) is 0 Å². The number of nitrogens with one attached hydrogen (secondary N) is 1. The largest absolute Gasteiger partial charge is 0.477 e. The van der Waals surface area contributed by atoms with E-state index in [1.165, 1.54) is 6.08 Å². The van der Waals surface area contributed by atoms with E-state index in [0.717, 1.165) is 16.8 Å². The summed E-state index contributed by atoms with van der Waals surface area (Å²) >= 11 is 0. The van der Waals surface area contributed by atoms with Crippen molar-refractivity contribution >= 4 is 38.1 Å². The van der Waals surface area contributed by atoms with E-state index in [0.29, 0.717) is 27.7 Å². The summed E-state index contributed by atoms with van der Waals surface area (Å²) in [6.07, 6.45) is 1.36. The summed E-state index contributed by atoms with van der Waals surface area (Å²) < 4.78 is 29.7. The van der Waals surface area contributed by atoms with Crippen molar-refractivity contribution in [2.24, 2.45) is 0 Å². The number of hydrogen-bond donors (Lipinski definition) is 2. The van der Waals surface area contributed by atoms with Crippen molar-refractivity contribution in [1.82, 2.24) is 4.57 Å². The SMILES string of the molecule is C=CCS(=O)(=O)c1c(Nc2ccc(C(C)(C)C)cc2)ccc2c1c(-c1ccccc1)c(C(=O)O)n2Cc1ccccc1. The molecule has 7 heteroatoms. The first-order valence-electron chi connectivity index (χ1n) is 13.7. The molecule has 0 aliphatic heterocycles. The highest BCUT2D eigenvalue weighted by molar-refractivity contribution is 7.92. The fourth-order valence-corrected chi connectivity index (χ4v) is 6.77. The maximum atomic E-state index is 14.0. The molecule has 6 nitrogen and oxygen atoms in total. The predicted octanol–water partition coefficient (Wildman–Crippen LogP) is 8.06. The van der Waals surface area contributed by atoms with E-state index in [2.05, 4.69) is 32.7 Å². The van der Waals surface area contributed by atoms with Crippen molar-refractivity contribution in [3.8, 4) is 11.1 Å². The molecule has 42 heavy (non-hydrogen) atoms. The smallest absolute Gasteiger partial charge is 0.353 e. The molecule has 5 aromatic rings. The van der Waals surface area contributed by atoms with Gasteiger partial charge in [0.1, 0.15) is 10.6 Å². The Morgan fingerprint density at radius 3 is 2.10 bits per heavy atom. The number of carboxylic acid groups (broad SMARTS) is 1. The number of aromatic carboxylic acids is 1. The molecule has 0 radical (unpaired) electrons. The van der Waals surface area contributed by atoms with Gasteiger partial charge in [0.15, 0.2) is 9.84 Å². The monoisotopic (exact) mass is 578 g/mol. The minimum absolute atomic E-state index is 0.0294. The quantitative estimate of drug-likeness (QED) is 0.173. The van der Waals surface area contributed by atoms with Crippen LogP contribution < -0.4 is 5.32 Å². The Labute approximate surface area is 246 Å². The first-order valence-corrected chi connectivity index (χ1v) is 15.4. The molecule has 214 valence electrons. The van der Waals surface area contributed by atoms with Crippen LogP contribution in [0.25, 0.3) is 22.0 Å². The van der Waals surface area contributed by atoms with E-state index in [-0.39, 0.29) is 28.3 Å². The number of hydrogen-bond acceptors (Lipinski definition) is 4. The fraction of sp³-hybridized carbons (Fsp3) is 0.171. The van der Waals surface area contributed by atoms with Gasteiger partial charge in [0.25, 0.3) is 0 Å². The van der Waals surface area contributed by atoms with E-state index in [1.54, 1.807) is 16.7 Å². The van der Waals surface area contributed by atoms with Crippen LogP contribution in [0.2, 0.25) is 0 Å². The maximum Gasteiger partial charge on any atom is 0.353 e. The van der Waals surface area contributed by atoms with Gasteiger partial charge in [-0.25, -0.2) is 13.2 Å². The molecule has 0 saturated carbocycles. The Balaban J connectivity index is 1.85. The van der Waals surface area contributed by atoms with Gasteiger partial charge in [-0.1, -0.05) is 99.6 Å². The van der Waals surface area contributed by atoms with Gasteiger partial charge >= 0.3 is 5.97 Å². The lowest BCUT2D eigenvalue weighted by molar-refractivity contribution is 0.0687. The maximum absolute atomic E-state index is 14.0. The van der Waals surface area contributed by atoms with Crippen LogP contribution >= 0.6 is 0 Å². The lowest BCUT2D eigenvalue weighted by Crippen LogP contribution is -2.11. The average molecular weight is 579 g/mol. The summed E-state index contributed by atoms with van der Waals surface area (Å²) in [7, 11) is -3.94. The highest BCUT2D eigenvalue weighted by Gasteiger charge is 2.31. The van der Waals surface area contributed by atoms with Gasteiger partial charge in [-0.3, -0.25) is 0 Å².